The summed E-state index contributed by atoms with van der Waals surface area (Å²) in [6, 6.07) is 17.3. The summed E-state index contributed by atoms with van der Waals surface area (Å²) in [5, 5.41) is 12.6. The van der Waals surface area contributed by atoms with Crippen LogP contribution in [0.1, 0.15) is 22.7 Å². The van der Waals surface area contributed by atoms with Crippen LogP contribution in [0.15, 0.2) is 78.5 Å². The minimum atomic E-state index is -0.856. The molecule has 36 heavy (non-hydrogen) atoms. The fraction of sp³-hybridized carbons (Fsp3) is 0.143. The highest BCUT2D eigenvalue weighted by atomic mass is 35.5. The molecular formula is C28H22ClFN2O4. The van der Waals surface area contributed by atoms with Crippen LogP contribution in [0.2, 0.25) is 5.02 Å². The van der Waals surface area contributed by atoms with E-state index in [2.05, 4.69) is 4.98 Å². The molecule has 182 valence electrons. The number of amides is 1. The number of hydrogen-bond acceptors (Lipinski definition) is 4. The van der Waals surface area contributed by atoms with E-state index in [0.29, 0.717) is 22.8 Å². The fourth-order valence-corrected chi connectivity index (χ4v) is 4.84. The number of hydrogen-bond donors (Lipinski definition) is 2. The molecule has 0 radical (unpaired) electrons. The molecule has 1 unspecified atom stereocenters. The minimum Gasteiger partial charge on any atom is -0.507 e. The van der Waals surface area contributed by atoms with Crippen molar-refractivity contribution in [2.45, 2.75) is 12.5 Å². The predicted octanol–water partition coefficient (Wildman–Crippen LogP) is 5.63. The van der Waals surface area contributed by atoms with Gasteiger partial charge in [-0.15, -0.1) is 0 Å². The maximum atomic E-state index is 13.4. The van der Waals surface area contributed by atoms with Gasteiger partial charge >= 0.3 is 0 Å². The maximum absolute atomic E-state index is 13.4. The van der Waals surface area contributed by atoms with Crippen molar-refractivity contribution in [2.24, 2.45) is 0 Å². The number of aromatic nitrogens is 1. The van der Waals surface area contributed by atoms with Gasteiger partial charge in [-0.1, -0.05) is 41.9 Å². The number of likely N-dealkylation sites (tertiary alicyclic amines) is 1. The van der Waals surface area contributed by atoms with Crippen molar-refractivity contribution in [1.82, 2.24) is 9.88 Å². The summed E-state index contributed by atoms with van der Waals surface area (Å²) in [5.41, 5.74) is 2.48. The average molecular weight is 505 g/mol. The minimum absolute atomic E-state index is 0.0515. The van der Waals surface area contributed by atoms with Gasteiger partial charge < -0.3 is 19.7 Å². The van der Waals surface area contributed by atoms with Gasteiger partial charge in [0.25, 0.3) is 11.7 Å². The Morgan fingerprint density at radius 2 is 1.86 bits per heavy atom. The molecule has 1 aromatic heterocycles. The summed E-state index contributed by atoms with van der Waals surface area (Å²) in [7, 11) is 1.44. The normalized spacial score (nSPS) is 17.2. The molecule has 1 amide bonds. The first-order valence-corrected chi connectivity index (χ1v) is 11.7. The largest absolute Gasteiger partial charge is 0.507 e. The van der Waals surface area contributed by atoms with Crippen LogP contribution < -0.4 is 4.74 Å². The number of nitrogens with zero attached hydrogens (tertiary/aromatic N) is 1. The Morgan fingerprint density at radius 3 is 2.61 bits per heavy atom. The van der Waals surface area contributed by atoms with Crippen molar-refractivity contribution < 1.29 is 23.8 Å². The molecule has 1 fully saturated rings. The van der Waals surface area contributed by atoms with E-state index < -0.39 is 17.7 Å². The number of ketones is 1. The van der Waals surface area contributed by atoms with Crippen LogP contribution in [0.3, 0.4) is 0 Å². The number of fused-ring (bicyclic) bond motifs is 1. The number of nitrogens with one attached hydrogen (secondary N) is 1. The van der Waals surface area contributed by atoms with Crippen LogP contribution in [0, 0.1) is 5.82 Å². The van der Waals surface area contributed by atoms with Gasteiger partial charge in [-0.2, -0.15) is 0 Å². The van der Waals surface area contributed by atoms with Crippen LogP contribution in [-0.2, 0) is 16.0 Å². The van der Waals surface area contributed by atoms with Crippen LogP contribution >= 0.6 is 11.6 Å². The molecule has 5 rings (SSSR count). The number of carbonyl (C=O) groups is 2. The highest BCUT2D eigenvalue weighted by Gasteiger charge is 2.47. The number of Topliss-reactive ketones (excluding diaryl/α,β-unsaturated/α-hetero) is 1. The van der Waals surface area contributed by atoms with Crippen molar-refractivity contribution in [3.05, 3.63) is 106 Å². The zero-order valence-corrected chi connectivity index (χ0v) is 20.1. The SMILES string of the molecule is COc1ccc(Cl)cc1/C(O)=C1\C(=O)C(=O)N(CCc2ccc(F)cc2)C1c1c[nH]c2ccccc12. The Morgan fingerprint density at radius 1 is 1.11 bits per heavy atom. The molecule has 8 heteroatoms. The topological polar surface area (TPSA) is 82.6 Å². The maximum Gasteiger partial charge on any atom is 0.295 e. The van der Waals surface area contributed by atoms with Crippen molar-refractivity contribution in [2.75, 3.05) is 13.7 Å². The first-order chi connectivity index (χ1) is 17.4. The lowest BCUT2D eigenvalue weighted by atomic mass is 9.94. The third-order valence-electron chi connectivity index (χ3n) is 6.43. The van der Waals surface area contributed by atoms with E-state index in [1.165, 1.54) is 30.2 Å². The quantitative estimate of drug-likeness (QED) is 0.202. The van der Waals surface area contributed by atoms with Gasteiger partial charge in [-0.05, 0) is 48.4 Å². The highest BCUT2D eigenvalue weighted by Crippen LogP contribution is 2.43. The number of rotatable bonds is 6. The van der Waals surface area contributed by atoms with Gasteiger partial charge in [-0.25, -0.2) is 4.39 Å². The van der Waals surface area contributed by atoms with Crippen molar-refractivity contribution >= 4 is 40.0 Å². The van der Waals surface area contributed by atoms with Crippen molar-refractivity contribution in [1.29, 1.82) is 0 Å². The lowest BCUT2D eigenvalue weighted by molar-refractivity contribution is -0.139. The van der Waals surface area contributed by atoms with Gasteiger partial charge in [0, 0.05) is 34.2 Å². The molecular weight excluding hydrogens is 483 g/mol. The number of ether oxygens (including phenoxy) is 1. The third-order valence-corrected chi connectivity index (χ3v) is 6.66. The van der Waals surface area contributed by atoms with E-state index in [1.807, 2.05) is 24.3 Å². The summed E-state index contributed by atoms with van der Waals surface area (Å²) in [4.78, 5) is 31.3. The molecule has 1 aliphatic heterocycles. The number of aromatic amines is 1. The molecule has 4 aromatic rings. The van der Waals surface area contributed by atoms with Gasteiger partial charge in [-0.3, -0.25) is 9.59 Å². The number of para-hydroxylation sites is 1. The monoisotopic (exact) mass is 504 g/mol. The number of carbonyl (C=O) groups excluding carboxylic acids is 2. The zero-order chi connectivity index (χ0) is 25.4. The summed E-state index contributed by atoms with van der Waals surface area (Å²) in [6.07, 6.45) is 2.14. The number of H-pyrrole nitrogens is 1. The molecule has 1 atom stereocenters. The van der Waals surface area contributed by atoms with Gasteiger partial charge in [0.15, 0.2) is 0 Å². The average Bonchev–Trinajstić information content (AvgIpc) is 3.42. The molecule has 3 aromatic carbocycles. The first-order valence-electron chi connectivity index (χ1n) is 11.3. The predicted molar refractivity (Wildman–Crippen MR) is 135 cm³/mol. The zero-order valence-electron chi connectivity index (χ0n) is 19.3. The molecule has 0 spiro atoms. The smallest absolute Gasteiger partial charge is 0.295 e. The molecule has 2 N–H and O–H groups in total. The molecule has 1 saturated heterocycles. The molecule has 1 aliphatic rings. The molecule has 0 bridgehead atoms. The van der Waals surface area contributed by atoms with Gasteiger partial charge in [0.05, 0.1) is 24.3 Å². The van der Waals surface area contributed by atoms with E-state index in [0.717, 1.165) is 16.5 Å². The molecule has 0 aliphatic carbocycles. The summed E-state index contributed by atoms with van der Waals surface area (Å²) < 4.78 is 18.7. The first kappa shape index (κ1) is 23.6. The van der Waals surface area contributed by atoms with E-state index in [-0.39, 0.29) is 29.3 Å². The van der Waals surface area contributed by atoms with E-state index in [9.17, 15) is 19.1 Å². The number of benzene rings is 3. The van der Waals surface area contributed by atoms with E-state index in [4.69, 9.17) is 16.3 Å². The second-order valence-corrected chi connectivity index (χ2v) is 8.94. The molecule has 0 saturated carbocycles. The Balaban J connectivity index is 1.66. The lowest BCUT2D eigenvalue weighted by Crippen LogP contribution is -2.31. The van der Waals surface area contributed by atoms with Crippen molar-refractivity contribution in [3.63, 3.8) is 0 Å². The standard InChI is InChI=1S/C28H22ClFN2O4/c1-36-23-11-8-17(29)14-20(23)26(33)24-25(21-15-31-22-5-3-2-4-19(21)22)32(28(35)27(24)34)13-12-16-6-9-18(30)10-7-16/h2-11,14-15,25,31,33H,12-13H2,1H3/b26-24+. The lowest BCUT2D eigenvalue weighted by Gasteiger charge is -2.25. The second-order valence-electron chi connectivity index (χ2n) is 8.50. The number of aliphatic hydroxyl groups is 1. The van der Waals surface area contributed by atoms with E-state index in [1.54, 1.807) is 30.5 Å². The van der Waals surface area contributed by atoms with Crippen LogP contribution in [-0.4, -0.2) is 40.3 Å². The number of methoxy groups -OCH3 is 1. The second kappa shape index (κ2) is 9.51. The Labute approximate surface area is 211 Å². The Kier molecular flexibility index (Phi) is 6.24. The Hall–Kier alpha value is -4.10. The fourth-order valence-electron chi connectivity index (χ4n) is 4.67. The van der Waals surface area contributed by atoms with Crippen LogP contribution in [0.4, 0.5) is 4.39 Å². The van der Waals surface area contributed by atoms with Crippen LogP contribution in [0.5, 0.6) is 5.75 Å². The number of halogens is 2. The molecule has 6 nitrogen and oxygen atoms in total. The van der Waals surface area contributed by atoms with Gasteiger partial charge in [0.2, 0.25) is 0 Å². The summed E-state index contributed by atoms with van der Waals surface area (Å²) in [5.74, 6) is -1.94. The van der Waals surface area contributed by atoms with Crippen molar-refractivity contribution in [3.8, 4) is 5.75 Å². The highest BCUT2D eigenvalue weighted by molar-refractivity contribution is 6.46. The van der Waals surface area contributed by atoms with E-state index >= 15 is 0 Å². The number of aliphatic hydroxyl groups excluding tert-OH is 1. The Bertz CT molecular complexity index is 1510. The molecule has 2 heterocycles. The summed E-state index contributed by atoms with van der Waals surface area (Å²) in [6.45, 7) is 0.184. The van der Waals surface area contributed by atoms with Gasteiger partial charge in [0.1, 0.15) is 17.3 Å². The third kappa shape index (κ3) is 4.12. The summed E-state index contributed by atoms with van der Waals surface area (Å²) >= 11 is 6.18. The van der Waals surface area contributed by atoms with Crippen LogP contribution in [0.25, 0.3) is 16.7 Å².